The summed E-state index contributed by atoms with van der Waals surface area (Å²) in [4.78, 5) is 16.0. The number of anilines is 1. The van der Waals surface area contributed by atoms with Gasteiger partial charge in [0.05, 0.1) is 6.10 Å². The highest BCUT2D eigenvalue weighted by Gasteiger charge is 2.07. The zero-order chi connectivity index (χ0) is 15.9. The van der Waals surface area contributed by atoms with Crippen LogP contribution in [-0.2, 0) is 0 Å². The van der Waals surface area contributed by atoms with Gasteiger partial charge in [-0.05, 0) is 31.9 Å². The van der Waals surface area contributed by atoms with Gasteiger partial charge in [0, 0.05) is 17.8 Å². The highest BCUT2D eigenvalue weighted by atomic mass is 16.3. The minimum Gasteiger partial charge on any atom is -0.393 e. The number of urea groups is 1. The van der Waals surface area contributed by atoms with Gasteiger partial charge in [-0.3, -0.25) is 5.10 Å². The number of hydrogen-bond acceptors (Lipinski definition) is 4. The topological polar surface area (TPSA) is 103 Å². The van der Waals surface area contributed by atoms with Crippen LogP contribution in [0.25, 0.3) is 11.4 Å². The minimum absolute atomic E-state index is 0.299. The molecule has 0 saturated carbocycles. The first-order chi connectivity index (χ1) is 10.6. The molecule has 2 amide bonds. The van der Waals surface area contributed by atoms with E-state index < -0.39 is 0 Å². The maximum Gasteiger partial charge on any atom is 0.319 e. The van der Waals surface area contributed by atoms with Gasteiger partial charge in [-0.25, -0.2) is 9.78 Å². The molecule has 0 bridgehead atoms. The first kappa shape index (κ1) is 16.0. The van der Waals surface area contributed by atoms with Crippen molar-refractivity contribution in [2.24, 2.45) is 0 Å². The Morgan fingerprint density at radius 2 is 2.27 bits per heavy atom. The normalized spacial score (nSPS) is 12.0. The van der Waals surface area contributed by atoms with E-state index in [-0.39, 0.29) is 12.1 Å². The van der Waals surface area contributed by atoms with Gasteiger partial charge in [0.1, 0.15) is 5.82 Å². The third-order valence-corrected chi connectivity index (χ3v) is 3.21. The van der Waals surface area contributed by atoms with E-state index in [4.69, 9.17) is 0 Å². The summed E-state index contributed by atoms with van der Waals surface area (Å²) in [7, 11) is 0. The highest BCUT2D eigenvalue weighted by molar-refractivity contribution is 5.89. The monoisotopic (exact) mass is 303 g/mol. The summed E-state index contributed by atoms with van der Waals surface area (Å²) in [5.41, 5.74) is 1.48. The van der Waals surface area contributed by atoms with Gasteiger partial charge in [0.2, 0.25) is 0 Å². The number of carbonyl (C=O) groups is 1. The zero-order valence-corrected chi connectivity index (χ0v) is 12.8. The molecule has 1 heterocycles. The molecule has 2 rings (SSSR count). The van der Waals surface area contributed by atoms with Gasteiger partial charge in [-0.2, -0.15) is 5.10 Å². The fraction of sp³-hybridized carbons (Fsp3) is 0.400. The van der Waals surface area contributed by atoms with Crippen molar-refractivity contribution in [2.45, 2.75) is 32.8 Å². The first-order valence-corrected chi connectivity index (χ1v) is 7.31. The lowest BCUT2D eigenvalue weighted by molar-refractivity contribution is 0.160. The van der Waals surface area contributed by atoms with Crippen LogP contribution in [0.5, 0.6) is 0 Å². The Labute approximate surface area is 129 Å². The molecule has 1 aromatic carbocycles. The van der Waals surface area contributed by atoms with Crippen LogP contribution in [0.3, 0.4) is 0 Å². The molecule has 0 spiro atoms. The van der Waals surface area contributed by atoms with Crippen molar-refractivity contribution in [2.75, 3.05) is 11.9 Å². The zero-order valence-electron chi connectivity index (χ0n) is 12.8. The molecule has 4 N–H and O–H groups in total. The second-order valence-corrected chi connectivity index (χ2v) is 5.06. The van der Waals surface area contributed by atoms with Crippen molar-refractivity contribution in [3.63, 3.8) is 0 Å². The van der Waals surface area contributed by atoms with Gasteiger partial charge in [-0.15, -0.1) is 0 Å². The van der Waals surface area contributed by atoms with Crippen LogP contribution in [0.1, 0.15) is 25.6 Å². The summed E-state index contributed by atoms with van der Waals surface area (Å²) in [5.74, 6) is 1.33. The molecule has 7 heteroatoms. The molecule has 118 valence electrons. The number of aryl methyl sites for hydroxylation is 1. The Bertz CT molecular complexity index is 626. The molecule has 22 heavy (non-hydrogen) atoms. The number of carbonyl (C=O) groups excluding carboxylic acids is 1. The lowest BCUT2D eigenvalue weighted by Gasteiger charge is -2.10. The standard InChI is InChI=1S/C15H21N5O2/c1-3-13(21)7-8-16-15(22)18-12-6-4-5-11(9-12)14-17-10(2)19-20-14/h4-6,9,13,21H,3,7-8H2,1-2H3,(H2,16,18,22)(H,17,19,20). The minimum atomic E-state index is -0.377. The summed E-state index contributed by atoms with van der Waals surface area (Å²) in [6, 6.07) is 7.01. The summed E-state index contributed by atoms with van der Waals surface area (Å²) in [6.45, 7) is 4.17. The van der Waals surface area contributed by atoms with E-state index in [1.54, 1.807) is 6.07 Å². The fourth-order valence-electron chi connectivity index (χ4n) is 1.94. The first-order valence-electron chi connectivity index (χ1n) is 7.31. The number of aliphatic hydroxyl groups excluding tert-OH is 1. The molecule has 0 aliphatic carbocycles. The fourth-order valence-corrected chi connectivity index (χ4v) is 1.94. The van der Waals surface area contributed by atoms with E-state index in [9.17, 15) is 9.90 Å². The van der Waals surface area contributed by atoms with Gasteiger partial charge < -0.3 is 15.7 Å². The smallest absolute Gasteiger partial charge is 0.319 e. The third kappa shape index (κ3) is 4.56. The largest absolute Gasteiger partial charge is 0.393 e. The molecule has 0 radical (unpaired) electrons. The molecular weight excluding hydrogens is 282 g/mol. The Kier molecular flexibility index (Phi) is 5.48. The van der Waals surface area contributed by atoms with Crippen molar-refractivity contribution in [1.29, 1.82) is 0 Å². The number of aromatic amines is 1. The van der Waals surface area contributed by atoms with E-state index in [2.05, 4.69) is 25.8 Å². The summed E-state index contributed by atoms with van der Waals surface area (Å²) in [6.07, 6.45) is 0.847. The lowest BCUT2D eigenvalue weighted by atomic mass is 10.2. The Morgan fingerprint density at radius 1 is 1.45 bits per heavy atom. The molecule has 0 aliphatic heterocycles. The lowest BCUT2D eigenvalue weighted by Crippen LogP contribution is -2.31. The highest BCUT2D eigenvalue weighted by Crippen LogP contribution is 2.19. The van der Waals surface area contributed by atoms with Crippen LogP contribution in [0.15, 0.2) is 24.3 Å². The number of nitrogens with zero attached hydrogens (tertiary/aromatic N) is 2. The van der Waals surface area contributed by atoms with Crippen LogP contribution >= 0.6 is 0 Å². The van der Waals surface area contributed by atoms with Gasteiger partial charge in [-0.1, -0.05) is 19.1 Å². The second-order valence-electron chi connectivity index (χ2n) is 5.06. The second kappa shape index (κ2) is 7.56. The Hall–Kier alpha value is -2.41. The maximum absolute atomic E-state index is 11.8. The molecule has 1 atom stereocenters. The van der Waals surface area contributed by atoms with Crippen molar-refractivity contribution < 1.29 is 9.90 Å². The number of hydrogen-bond donors (Lipinski definition) is 4. The summed E-state index contributed by atoms with van der Waals surface area (Å²) in [5, 5.41) is 21.8. The van der Waals surface area contributed by atoms with Crippen molar-refractivity contribution in [3.8, 4) is 11.4 Å². The molecule has 1 aromatic heterocycles. The summed E-state index contributed by atoms with van der Waals surface area (Å²) >= 11 is 0. The third-order valence-electron chi connectivity index (χ3n) is 3.21. The number of rotatable bonds is 6. The van der Waals surface area contributed by atoms with Crippen molar-refractivity contribution in [3.05, 3.63) is 30.1 Å². The molecule has 0 aliphatic rings. The molecule has 7 nitrogen and oxygen atoms in total. The van der Waals surface area contributed by atoms with Crippen LogP contribution in [0, 0.1) is 6.92 Å². The van der Waals surface area contributed by atoms with Crippen LogP contribution in [-0.4, -0.2) is 39.0 Å². The molecular formula is C15H21N5O2. The maximum atomic E-state index is 11.8. The van der Waals surface area contributed by atoms with E-state index >= 15 is 0 Å². The van der Waals surface area contributed by atoms with Crippen molar-refractivity contribution >= 4 is 11.7 Å². The average molecular weight is 303 g/mol. The van der Waals surface area contributed by atoms with Crippen molar-refractivity contribution in [1.82, 2.24) is 20.5 Å². The Morgan fingerprint density at radius 3 is 2.95 bits per heavy atom. The van der Waals surface area contributed by atoms with E-state index in [0.29, 0.717) is 30.9 Å². The van der Waals surface area contributed by atoms with Crippen LogP contribution in [0.2, 0.25) is 0 Å². The van der Waals surface area contributed by atoms with Crippen LogP contribution < -0.4 is 10.6 Å². The number of H-pyrrole nitrogens is 1. The van der Waals surface area contributed by atoms with E-state index in [1.807, 2.05) is 32.0 Å². The number of aliphatic hydroxyl groups is 1. The average Bonchev–Trinajstić information content (AvgIpc) is 2.94. The van der Waals surface area contributed by atoms with Gasteiger partial charge >= 0.3 is 6.03 Å². The van der Waals surface area contributed by atoms with E-state index in [0.717, 1.165) is 11.4 Å². The number of aromatic nitrogens is 3. The molecule has 0 fully saturated rings. The van der Waals surface area contributed by atoms with Gasteiger partial charge in [0.15, 0.2) is 5.82 Å². The Balaban J connectivity index is 1.91. The van der Waals surface area contributed by atoms with Gasteiger partial charge in [0.25, 0.3) is 0 Å². The van der Waals surface area contributed by atoms with E-state index in [1.165, 1.54) is 0 Å². The quantitative estimate of drug-likeness (QED) is 0.656. The predicted molar refractivity (Wildman–Crippen MR) is 84.5 cm³/mol. The summed E-state index contributed by atoms with van der Waals surface area (Å²) < 4.78 is 0. The van der Waals surface area contributed by atoms with Crippen LogP contribution in [0.4, 0.5) is 10.5 Å². The number of amides is 2. The number of nitrogens with one attached hydrogen (secondary N) is 3. The number of benzene rings is 1. The molecule has 2 aromatic rings. The SMILES string of the molecule is CCC(O)CCNC(=O)Nc1cccc(-c2n[nH]c(C)n2)c1. The molecule has 0 saturated heterocycles. The predicted octanol–water partition coefficient (Wildman–Crippen LogP) is 2.06. The molecule has 1 unspecified atom stereocenters.